The van der Waals surface area contributed by atoms with E-state index in [0.717, 1.165) is 0 Å². The maximum atomic E-state index is 12.9. The van der Waals surface area contributed by atoms with Crippen LogP contribution in [-0.2, 0) is 9.53 Å². The minimum Gasteiger partial charge on any atom is -0.482 e. The number of hydrogen-bond acceptors (Lipinski definition) is 3. The SMILES string of the molecule is CCOC(=O)COc1cc(F)cc(Br)c1. The maximum Gasteiger partial charge on any atom is 0.344 e. The Kier molecular flexibility index (Phi) is 4.55. The smallest absolute Gasteiger partial charge is 0.344 e. The first-order chi connectivity index (χ1) is 7.11. The summed E-state index contributed by atoms with van der Waals surface area (Å²) in [6.07, 6.45) is 0. The van der Waals surface area contributed by atoms with Gasteiger partial charge in [-0.15, -0.1) is 0 Å². The molecule has 0 saturated heterocycles. The van der Waals surface area contributed by atoms with E-state index in [2.05, 4.69) is 20.7 Å². The largest absolute Gasteiger partial charge is 0.482 e. The topological polar surface area (TPSA) is 35.5 Å². The molecule has 0 amide bonds. The Hall–Kier alpha value is -1.10. The van der Waals surface area contributed by atoms with E-state index in [1.807, 2.05) is 0 Å². The summed E-state index contributed by atoms with van der Waals surface area (Å²) in [5.41, 5.74) is 0. The lowest BCUT2D eigenvalue weighted by Gasteiger charge is -2.06. The number of benzene rings is 1. The number of carbonyl (C=O) groups excluding carboxylic acids is 1. The van der Waals surface area contributed by atoms with Gasteiger partial charge in [-0.25, -0.2) is 9.18 Å². The molecule has 15 heavy (non-hydrogen) atoms. The Morgan fingerprint density at radius 3 is 2.80 bits per heavy atom. The molecule has 0 bridgehead atoms. The van der Waals surface area contributed by atoms with Crippen LogP contribution in [0.5, 0.6) is 5.75 Å². The number of esters is 1. The predicted molar refractivity (Wildman–Crippen MR) is 56.2 cm³/mol. The summed E-state index contributed by atoms with van der Waals surface area (Å²) in [4.78, 5) is 10.9. The second-order valence-corrected chi connectivity index (χ2v) is 3.61. The van der Waals surface area contributed by atoms with Crippen molar-refractivity contribution in [1.29, 1.82) is 0 Å². The molecule has 1 aromatic rings. The zero-order valence-electron chi connectivity index (χ0n) is 8.13. The molecule has 82 valence electrons. The van der Waals surface area contributed by atoms with Crippen LogP contribution in [0, 0.1) is 5.82 Å². The molecule has 0 aliphatic heterocycles. The Morgan fingerprint density at radius 1 is 1.47 bits per heavy atom. The Labute approximate surface area is 95.3 Å². The first-order valence-electron chi connectivity index (χ1n) is 4.36. The quantitative estimate of drug-likeness (QED) is 0.793. The fourth-order valence-electron chi connectivity index (χ4n) is 0.957. The van der Waals surface area contributed by atoms with Crippen LogP contribution in [0.2, 0.25) is 0 Å². The molecular weight excluding hydrogens is 267 g/mol. The van der Waals surface area contributed by atoms with Gasteiger partial charge in [-0.1, -0.05) is 15.9 Å². The van der Waals surface area contributed by atoms with Gasteiger partial charge in [-0.2, -0.15) is 0 Å². The average Bonchev–Trinajstić information content (AvgIpc) is 2.14. The van der Waals surface area contributed by atoms with Gasteiger partial charge in [0, 0.05) is 10.5 Å². The number of carbonyl (C=O) groups is 1. The van der Waals surface area contributed by atoms with E-state index in [0.29, 0.717) is 11.1 Å². The van der Waals surface area contributed by atoms with Crippen molar-refractivity contribution >= 4 is 21.9 Å². The van der Waals surface area contributed by atoms with Crippen LogP contribution in [0.3, 0.4) is 0 Å². The van der Waals surface area contributed by atoms with Gasteiger partial charge in [0.2, 0.25) is 0 Å². The molecule has 0 N–H and O–H groups in total. The van der Waals surface area contributed by atoms with Gasteiger partial charge in [-0.3, -0.25) is 0 Å². The van der Waals surface area contributed by atoms with Crippen LogP contribution in [0.25, 0.3) is 0 Å². The summed E-state index contributed by atoms with van der Waals surface area (Å²) >= 11 is 3.11. The number of rotatable bonds is 4. The lowest BCUT2D eigenvalue weighted by molar-refractivity contribution is -0.145. The molecule has 0 radical (unpaired) electrons. The zero-order valence-corrected chi connectivity index (χ0v) is 9.71. The normalized spacial score (nSPS) is 9.80. The van der Waals surface area contributed by atoms with Crippen molar-refractivity contribution in [2.75, 3.05) is 13.2 Å². The molecule has 1 aromatic carbocycles. The zero-order chi connectivity index (χ0) is 11.3. The molecule has 3 nitrogen and oxygen atoms in total. The lowest BCUT2D eigenvalue weighted by atomic mass is 10.3. The Bertz CT molecular complexity index is 334. The van der Waals surface area contributed by atoms with E-state index >= 15 is 0 Å². The Balaban J connectivity index is 2.54. The molecule has 0 aliphatic rings. The van der Waals surface area contributed by atoms with Crippen LogP contribution in [0.15, 0.2) is 22.7 Å². The first kappa shape index (κ1) is 12.0. The highest BCUT2D eigenvalue weighted by Gasteiger charge is 2.04. The van der Waals surface area contributed by atoms with Crippen molar-refractivity contribution in [3.63, 3.8) is 0 Å². The predicted octanol–water partition coefficient (Wildman–Crippen LogP) is 2.53. The van der Waals surface area contributed by atoms with Crippen LogP contribution in [0.4, 0.5) is 4.39 Å². The first-order valence-corrected chi connectivity index (χ1v) is 5.15. The van der Waals surface area contributed by atoms with E-state index in [9.17, 15) is 9.18 Å². The summed E-state index contributed by atoms with van der Waals surface area (Å²) < 4.78 is 23.1. The fourth-order valence-corrected chi connectivity index (χ4v) is 1.40. The van der Waals surface area contributed by atoms with Gasteiger partial charge in [0.25, 0.3) is 0 Å². The third-order valence-corrected chi connectivity index (χ3v) is 1.96. The second-order valence-electron chi connectivity index (χ2n) is 2.70. The highest BCUT2D eigenvalue weighted by atomic mass is 79.9. The fraction of sp³-hybridized carbons (Fsp3) is 0.300. The summed E-state index contributed by atoms with van der Waals surface area (Å²) in [7, 11) is 0. The number of halogens is 2. The van der Waals surface area contributed by atoms with E-state index in [-0.39, 0.29) is 12.4 Å². The molecule has 0 aromatic heterocycles. The minimum absolute atomic E-state index is 0.219. The van der Waals surface area contributed by atoms with Crippen LogP contribution < -0.4 is 4.74 Å². The molecule has 0 spiro atoms. The maximum absolute atomic E-state index is 12.9. The second kappa shape index (κ2) is 5.70. The minimum atomic E-state index is -0.474. The lowest BCUT2D eigenvalue weighted by Crippen LogP contribution is -2.14. The summed E-state index contributed by atoms with van der Waals surface area (Å²) in [5, 5.41) is 0. The van der Waals surface area contributed by atoms with Crippen molar-refractivity contribution in [3.8, 4) is 5.75 Å². The van der Waals surface area contributed by atoms with E-state index in [1.165, 1.54) is 12.1 Å². The molecular formula is C10H10BrFO3. The van der Waals surface area contributed by atoms with Gasteiger partial charge in [0.1, 0.15) is 11.6 Å². The van der Waals surface area contributed by atoms with Crippen molar-refractivity contribution in [3.05, 3.63) is 28.5 Å². The molecule has 5 heteroatoms. The molecule has 1 rings (SSSR count). The molecule has 0 atom stereocenters. The van der Waals surface area contributed by atoms with Gasteiger partial charge in [-0.05, 0) is 19.1 Å². The molecule has 0 unspecified atom stereocenters. The van der Waals surface area contributed by atoms with Crippen molar-refractivity contribution in [2.24, 2.45) is 0 Å². The number of hydrogen-bond donors (Lipinski definition) is 0. The average molecular weight is 277 g/mol. The van der Waals surface area contributed by atoms with Crippen molar-refractivity contribution in [2.45, 2.75) is 6.92 Å². The monoisotopic (exact) mass is 276 g/mol. The molecule has 0 aliphatic carbocycles. The molecule has 0 heterocycles. The molecule has 0 fully saturated rings. The van der Waals surface area contributed by atoms with Gasteiger partial charge >= 0.3 is 5.97 Å². The van der Waals surface area contributed by atoms with E-state index in [1.54, 1.807) is 13.0 Å². The molecule has 0 saturated carbocycles. The van der Waals surface area contributed by atoms with Crippen LogP contribution in [-0.4, -0.2) is 19.2 Å². The van der Waals surface area contributed by atoms with Crippen molar-refractivity contribution < 1.29 is 18.7 Å². The Morgan fingerprint density at radius 2 is 2.20 bits per heavy atom. The van der Waals surface area contributed by atoms with Crippen LogP contribution >= 0.6 is 15.9 Å². The van der Waals surface area contributed by atoms with Gasteiger partial charge in [0.15, 0.2) is 6.61 Å². The number of ether oxygens (including phenoxy) is 2. The summed E-state index contributed by atoms with van der Waals surface area (Å²) in [6.45, 7) is 1.79. The van der Waals surface area contributed by atoms with E-state index < -0.39 is 11.8 Å². The van der Waals surface area contributed by atoms with Gasteiger partial charge in [0.05, 0.1) is 6.61 Å². The van der Waals surface area contributed by atoms with Crippen molar-refractivity contribution in [1.82, 2.24) is 0 Å². The highest BCUT2D eigenvalue weighted by Crippen LogP contribution is 2.20. The van der Waals surface area contributed by atoms with E-state index in [4.69, 9.17) is 4.74 Å². The summed E-state index contributed by atoms with van der Waals surface area (Å²) in [5.74, 6) is -0.615. The standard InChI is InChI=1S/C10H10BrFO3/c1-2-14-10(13)6-15-9-4-7(11)3-8(12)5-9/h3-5H,2,6H2,1H3. The third-order valence-electron chi connectivity index (χ3n) is 1.50. The van der Waals surface area contributed by atoms with Gasteiger partial charge < -0.3 is 9.47 Å². The summed E-state index contributed by atoms with van der Waals surface area (Å²) in [6, 6.07) is 4.07. The highest BCUT2D eigenvalue weighted by molar-refractivity contribution is 9.10. The third kappa shape index (κ3) is 4.29. The van der Waals surface area contributed by atoms with Crippen LogP contribution in [0.1, 0.15) is 6.92 Å².